The maximum absolute atomic E-state index is 11.4. The van der Waals surface area contributed by atoms with Gasteiger partial charge in [0.1, 0.15) is 0 Å². The molecule has 0 aliphatic heterocycles. The molecular weight excluding hydrogens is 290 g/mol. The van der Waals surface area contributed by atoms with E-state index in [1.165, 1.54) is 18.2 Å². The summed E-state index contributed by atoms with van der Waals surface area (Å²) in [5, 5.41) is 15.8. The number of hydrogen-bond donors (Lipinski definition) is 2. The molecule has 7 heteroatoms. The number of carbonyl (C=O) groups is 1. The van der Waals surface area contributed by atoms with E-state index in [4.69, 9.17) is 0 Å². The summed E-state index contributed by atoms with van der Waals surface area (Å²) in [6.45, 7) is 3.64. The molecule has 0 unspecified atom stereocenters. The van der Waals surface area contributed by atoms with Gasteiger partial charge in [0.25, 0.3) is 5.69 Å². The van der Waals surface area contributed by atoms with Gasteiger partial charge in [0.15, 0.2) is 0 Å². The van der Waals surface area contributed by atoms with Crippen LogP contribution in [0.1, 0.15) is 13.8 Å². The van der Waals surface area contributed by atoms with Crippen LogP contribution in [0.2, 0.25) is 0 Å². The van der Waals surface area contributed by atoms with Crippen molar-refractivity contribution in [2.45, 2.75) is 19.9 Å². The van der Waals surface area contributed by atoms with E-state index in [0.29, 0.717) is 10.2 Å². The second-order valence-corrected chi connectivity index (χ2v) is 4.53. The highest BCUT2D eigenvalue weighted by atomic mass is 79.9. The van der Waals surface area contributed by atoms with E-state index in [0.717, 1.165) is 0 Å². The van der Waals surface area contributed by atoms with Crippen LogP contribution in [0.4, 0.5) is 16.2 Å². The fraction of sp³-hybridized carbons (Fsp3) is 0.300. The third kappa shape index (κ3) is 4.03. The fourth-order valence-electron chi connectivity index (χ4n) is 1.14. The van der Waals surface area contributed by atoms with Gasteiger partial charge in [0.2, 0.25) is 0 Å². The minimum absolute atomic E-state index is 0.00697. The topological polar surface area (TPSA) is 84.3 Å². The van der Waals surface area contributed by atoms with E-state index < -0.39 is 11.0 Å². The molecule has 1 aromatic rings. The molecule has 0 saturated heterocycles. The molecule has 1 aromatic carbocycles. The molecule has 0 aliphatic carbocycles. The normalized spacial score (nSPS) is 10.1. The fourth-order valence-corrected chi connectivity index (χ4v) is 1.49. The summed E-state index contributed by atoms with van der Waals surface area (Å²) in [5.74, 6) is 0. The maximum atomic E-state index is 11.4. The smallest absolute Gasteiger partial charge is 0.319 e. The van der Waals surface area contributed by atoms with Crippen molar-refractivity contribution in [1.29, 1.82) is 0 Å². The first-order valence-corrected chi connectivity index (χ1v) is 5.71. The average molecular weight is 302 g/mol. The lowest BCUT2D eigenvalue weighted by Gasteiger charge is -2.11. The van der Waals surface area contributed by atoms with Crippen LogP contribution in [0.15, 0.2) is 22.7 Å². The molecule has 0 radical (unpaired) electrons. The molecule has 92 valence electrons. The minimum atomic E-state index is -0.516. The van der Waals surface area contributed by atoms with Gasteiger partial charge in [-0.1, -0.05) is 0 Å². The van der Waals surface area contributed by atoms with E-state index in [1.54, 1.807) is 0 Å². The lowest BCUT2D eigenvalue weighted by molar-refractivity contribution is -0.384. The maximum Gasteiger partial charge on any atom is 0.319 e. The van der Waals surface area contributed by atoms with E-state index in [-0.39, 0.29) is 11.7 Å². The summed E-state index contributed by atoms with van der Waals surface area (Å²) in [7, 11) is 0. The zero-order chi connectivity index (χ0) is 13.0. The number of rotatable bonds is 3. The lowest BCUT2D eigenvalue weighted by Crippen LogP contribution is -2.34. The van der Waals surface area contributed by atoms with Gasteiger partial charge >= 0.3 is 6.03 Å². The van der Waals surface area contributed by atoms with E-state index >= 15 is 0 Å². The molecule has 17 heavy (non-hydrogen) atoms. The molecule has 0 heterocycles. The first-order valence-electron chi connectivity index (χ1n) is 4.91. The number of nitro groups is 1. The number of nitro benzene ring substituents is 1. The van der Waals surface area contributed by atoms with Gasteiger partial charge in [-0.25, -0.2) is 4.79 Å². The summed E-state index contributed by atoms with van der Waals surface area (Å²) < 4.78 is 0.585. The number of hydrogen-bond acceptors (Lipinski definition) is 3. The largest absolute Gasteiger partial charge is 0.336 e. The van der Waals surface area contributed by atoms with Crippen molar-refractivity contribution in [3.8, 4) is 0 Å². The van der Waals surface area contributed by atoms with Crippen LogP contribution >= 0.6 is 15.9 Å². The highest BCUT2D eigenvalue weighted by Gasteiger charge is 2.11. The molecular formula is C10H12BrN3O3. The second kappa shape index (κ2) is 5.62. The van der Waals surface area contributed by atoms with Gasteiger partial charge in [0, 0.05) is 22.6 Å². The Kier molecular flexibility index (Phi) is 4.45. The number of nitrogens with one attached hydrogen (secondary N) is 2. The van der Waals surface area contributed by atoms with Crippen LogP contribution < -0.4 is 10.6 Å². The molecule has 0 atom stereocenters. The highest BCUT2D eigenvalue weighted by Crippen LogP contribution is 2.26. The molecule has 0 spiro atoms. The standard InChI is InChI=1S/C10H12BrN3O3/c1-6(2)12-10(15)13-9-5-7(14(16)17)3-4-8(9)11/h3-6H,1-2H3,(H2,12,13,15). The number of amides is 2. The van der Waals surface area contributed by atoms with Crippen molar-refractivity contribution in [1.82, 2.24) is 5.32 Å². The summed E-state index contributed by atoms with van der Waals surface area (Å²) in [5.41, 5.74) is 0.283. The van der Waals surface area contributed by atoms with Crippen LogP contribution in [0, 0.1) is 10.1 Å². The Balaban J connectivity index is 2.86. The number of non-ortho nitro benzene ring substituents is 1. The van der Waals surface area contributed by atoms with Crippen molar-refractivity contribution in [3.05, 3.63) is 32.8 Å². The quantitative estimate of drug-likeness (QED) is 0.665. The van der Waals surface area contributed by atoms with Gasteiger partial charge in [0.05, 0.1) is 10.6 Å². The number of benzene rings is 1. The van der Waals surface area contributed by atoms with Crippen molar-refractivity contribution >= 4 is 33.3 Å². The Hall–Kier alpha value is -1.63. The van der Waals surface area contributed by atoms with E-state index in [1.807, 2.05) is 13.8 Å². The van der Waals surface area contributed by atoms with Gasteiger partial charge < -0.3 is 10.6 Å². The van der Waals surface area contributed by atoms with Crippen LogP contribution in [0.3, 0.4) is 0 Å². The predicted molar refractivity (Wildman–Crippen MR) is 68.1 cm³/mol. The molecule has 0 bridgehead atoms. The molecule has 0 saturated carbocycles. The van der Waals surface area contributed by atoms with E-state index in [9.17, 15) is 14.9 Å². The Bertz CT molecular complexity index is 448. The van der Waals surface area contributed by atoms with Crippen molar-refractivity contribution in [3.63, 3.8) is 0 Å². The Morgan fingerprint density at radius 1 is 1.47 bits per heavy atom. The van der Waals surface area contributed by atoms with Crippen molar-refractivity contribution < 1.29 is 9.72 Å². The molecule has 6 nitrogen and oxygen atoms in total. The zero-order valence-electron chi connectivity index (χ0n) is 9.36. The average Bonchev–Trinajstić information content (AvgIpc) is 2.19. The third-order valence-corrected chi connectivity index (χ3v) is 2.52. The Morgan fingerprint density at radius 3 is 2.65 bits per heavy atom. The second-order valence-electron chi connectivity index (χ2n) is 3.67. The SMILES string of the molecule is CC(C)NC(=O)Nc1cc([N+](=O)[O-])ccc1Br. The van der Waals surface area contributed by atoms with Crippen molar-refractivity contribution in [2.75, 3.05) is 5.32 Å². The van der Waals surface area contributed by atoms with Gasteiger partial charge in [-0.15, -0.1) is 0 Å². The number of nitrogens with zero attached hydrogens (tertiary/aromatic N) is 1. The first-order chi connectivity index (χ1) is 7.90. The van der Waals surface area contributed by atoms with Crippen LogP contribution in [-0.2, 0) is 0 Å². The molecule has 2 N–H and O–H groups in total. The zero-order valence-corrected chi connectivity index (χ0v) is 10.9. The molecule has 0 fully saturated rings. The molecule has 0 aliphatic rings. The van der Waals surface area contributed by atoms with Crippen molar-refractivity contribution in [2.24, 2.45) is 0 Å². The molecule has 1 rings (SSSR count). The molecule has 0 aromatic heterocycles. The number of anilines is 1. The minimum Gasteiger partial charge on any atom is -0.336 e. The first kappa shape index (κ1) is 13.4. The van der Waals surface area contributed by atoms with E-state index in [2.05, 4.69) is 26.6 Å². The van der Waals surface area contributed by atoms with Gasteiger partial charge in [-0.05, 0) is 35.8 Å². The Labute approximate surface area is 107 Å². The van der Waals surface area contributed by atoms with Crippen LogP contribution in [-0.4, -0.2) is 17.0 Å². The number of carbonyl (C=O) groups excluding carboxylic acids is 1. The van der Waals surface area contributed by atoms with Gasteiger partial charge in [-0.2, -0.15) is 0 Å². The molecule has 2 amide bonds. The predicted octanol–water partition coefficient (Wildman–Crippen LogP) is 2.89. The number of urea groups is 1. The summed E-state index contributed by atoms with van der Waals surface area (Å²) >= 11 is 3.21. The summed E-state index contributed by atoms with van der Waals surface area (Å²) in [6.07, 6.45) is 0. The Morgan fingerprint density at radius 2 is 2.12 bits per heavy atom. The van der Waals surface area contributed by atoms with Crippen LogP contribution in [0.25, 0.3) is 0 Å². The van der Waals surface area contributed by atoms with Crippen LogP contribution in [0.5, 0.6) is 0 Å². The summed E-state index contributed by atoms with van der Waals surface area (Å²) in [6, 6.07) is 3.76. The lowest BCUT2D eigenvalue weighted by atomic mass is 10.3. The third-order valence-electron chi connectivity index (χ3n) is 1.83. The summed E-state index contributed by atoms with van der Waals surface area (Å²) in [4.78, 5) is 21.5. The monoisotopic (exact) mass is 301 g/mol. The van der Waals surface area contributed by atoms with Gasteiger partial charge in [-0.3, -0.25) is 10.1 Å². The number of halogens is 1. The highest BCUT2D eigenvalue weighted by molar-refractivity contribution is 9.10.